The van der Waals surface area contributed by atoms with Crippen LogP contribution in [0.4, 0.5) is 19.0 Å². The highest BCUT2D eigenvalue weighted by molar-refractivity contribution is 6.31. The molecule has 0 bridgehead atoms. The smallest absolute Gasteiger partial charge is 0.355 e. The second-order valence-corrected chi connectivity index (χ2v) is 7.74. The van der Waals surface area contributed by atoms with E-state index in [1.165, 1.54) is 6.07 Å². The van der Waals surface area contributed by atoms with Gasteiger partial charge >= 0.3 is 6.18 Å². The predicted octanol–water partition coefficient (Wildman–Crippen LogP) is 4.14. The molecule has 1 aromatic heterocycles. The van der Waals surface area contributed by atoms with Crippen LogP contribution in [0.3, 0.4) is 0 Å². The van der Waals surface area contributed by atoms with E-state index in [1.54, 1.807) is 6.07 Å². The van der Waals surface area contributed by atoms with E-state index in [1.807, 2.05) is 34.9 Å². The fraction of sp³-hybridized carbons (Fsp3) is 0.429. The third-order valence-corrected chi connectivity index (χ3v) is 5.45. The third-order valence-electron chi connectivity index (χ3n) is 5.10. The third kappa shape index (κ3) is 5.86. The van der Waals surface area contributed by atoms with E-state index in [-0.39, 0.29) is 18.5 Å². The molecule has 0 saturated carbocycles. The van der Waals surface area contributed by atoms with E-state index < -0.39 is 11.7 Å². The van der Waals surface area contributed by atoms with Crippen molar-refractivity contribution < 1.29 is 18.0 Å². The average Bonchev–Trinajstić information content (AvgIpc) is 2.93. The van der Waals surface area contributed by atoms with Crippen LogP contribution in [0.2, 0.25) is 5.02 Å². The second-order valence-electron chi connectivity index (χ2n) is 7.33. The number of benzene rings is 1. The molecule has 1 amide bonds. The fourth-order valence-corrected chi connectivity index (χ4v) is 3.79. The first-order valence-corrected chi connectivity index (χ1v) is 10.2. The lowest BCUT2D eigenvalue weighted by Gasteiger charge is -2.23. The Hall–Kier alpha value is -2.32. The van der Waals surface area contributed by atoms with Crippen LogP contribution in [0.15, 0.2) is 42.6 Å². The van der Waals surface area contributed by atoms with Crippen molar-refractivity contribution in [1.82, 2.24) is 15.2 Å². The Morgan fingerprint density at radius 2 is 1.93 bits per heavy atom. The molecule has 0 radical (unpaired) electrons. The van der Waals surface area contributed by atoms with Crippen LogP contribution >= 0.6 is 11.6 Å². The van der Waals surface area contributed by atoms with Gasteiger partial charge < -0.3 is 10.2 Å². The van der Waals surface area contributed by atoms with Crippen LogP contribution in [-0.2, 0) is 11.0 Å². The number of hydrogen-bond donors (Lipinski definition) is 1. The number of halogens is 4. The highest BCUT2D eigenvalue weighted by atomic mass is 35.5. The van der Waals surface area contributed by atoms with Gasteiger partial charge in [0.2, 0.25) is 5.91 Å². The van der Waals surface area contributed by atoms with Gasteiger partial charge in [0.15, 0.2) is 0 Å². The first-order chi connectivity index (χ1) is 14.2. The molecular formula is C21H24ClF3N4O. The van der Waals surface area contributed by atoms with Crippen LogP contribution in [0, 0.1) is 0 Å². The number of rotatable bonds is 5. The molecule has 1 fully saturated rings. The molecule has 1 N–H and O–H groups in total. The Morgan fingerprint density at radius 3 is 2.60 bits per heavy atom. The zero-order valence-electron chi connectivity index (χ0n) is 16.6. The number of anilines is 1. The van der Waals surface area contributed by atoms with Crippen LogP contribution < -0.4 is 10.2 Å². The van der Waals surface area contributed by atoms with E-state index in [0.717, 1.165) is 30.8 Å². The molecule has 162 valence electrons. The molecule has 1 saturated heterocycles. The van der Waals surface area contributed by atoms with Crippen molar-refractivity contribution >= 4 is 23.3 Å². The Kier molecular flexibility index (Phi) is 7.20. The molecule has 2 heterocycles. The number of pyridine rings is 1. The van der Waals surface area contributed by atoms with E-state index in [4.69, 9.17) is 11.6 Å². The number of nitrogens with zero attached hydrogens (tertiary/aromatic N) is 3. The van der Waals surface area contributed by atoms with Gasteiger partial charge in [0.25, 0.3) is 0 Å². The summed E-state index contributed by atoms with van der Waals surface area (Å²) in [5, 5.41) is 3.58. The van der Waals surface area contributed by atoms with Crippen molar-refractivity contribution in [3.05, 3.63) is 58.7 Å². The number of hydrogen-bond acceptors (Lipinski definition) is 4. The topological polar surface area (TPSA) is 48.5 Å². The van der Waals surface area contributed by atoms with Gasteiger partial charge in [-0.15, -0.1) is 0 Å². The monoisotopic (exact) mass is 440 g/mol. The van der Waals surface area contributed by atoms with Crippen molar-refractivity contribution in [2.45, 2.75) is 25.6 Å². The minimum absolute atomic E-state index is 0.0940. The summed E-state index contributed by atoms with van der Waals surface area (Å²) in [6, 6.07) is 9.64. The van der Waals surface area contributed by atoms with Gasteiger partial charge in [0.05, 0.1) is 18.2 Å². The summed E-state index contributed by atoms with van der Waals surface area (Å²) in [5.74, 6) is 0.421. The lowest BCUT2D eigenvalue weighted by Crippen LogP contribution is -2.40. The molecule has 1 aliphatic heterocycles. The Labute approximate surface area is 178 Å². The second kappa shape index (κ2) is 9.66. The van der Waals surface area contributed by atoms with Crippen molar-refractivity contribution in [3.8, 4) is 0 Å². The molecule has 0 aliphatic carbocycles. The normalized spacial score (nSPS) is 16.8. The van der Waals surface area contributed by atoms with Crippen molar-refractivity contribution in [2.24, 2.45) is 0 Å². The Balaban J connectivity index is 1.52. The lowest BCUT2D eigenvalue weighted by atomic mass is 10.1. The van der Waals surface area contributed by atoms with Crippen LogP contribution in [-0.4, -0.2) is 48.5 Å². The number of carbonyl (C=O) groups excluding carboxylic acids is 1. The molecule has 1 unspecified atom stereocenters. The molecular weight excluding hydrogens is 417 g/mol. The van der Waals surface area contributed by atoms with E-state index >= 15 is 0 Å². The lowest BCUT2D eigenvalue weighted by molar-refractivity contribution is -0.137. The molecule has 3 rings (SSSR count). The maximum absolute atomic E-state index is 12.7. The summed E-state index contributed by atoms with van der Waals surface area (Å²) < 4.78 is 38.1. The van der Waals surface area contributed by atoms with E-state index in [2.05, 4.69) is 10.3 Å². The quantitative estimate of drug-likeness (QED) is 0.759. The van der Waals surface area contributed by atoms with Crippen molar-refractivity contribution in [1.29, 1.82) is 0 Å². The molecule has 9 heteroatoms. The summed E-state index contributed by atoms with van der Waals surface area (Å²) in [6.45, 7) is 4.75. The van der Waals surface area contributed by atoms with Crippen LogP contribution in [0.25, 0.3) is 0 Å². The SMILES string of the molecule is CC(NC(=O)CN1CCCN(c2ccc(C(F)(F)F)cn2)CC1)c1ccccc1Cl. The predicted molar refractivity (Wildman–Crippen MR) is 111 cm³/mol. The summed E-state index contributed by atoms with van der Waals surface area (Å²) in [4.78, 5) is 20.4. The molecule has 1 aromatic carbocycles. The van der Waals surface area contributed by atoms with Crippen molar-refractivity contribution in [2.75, 3.05) is 37.6 Å². The van der Waals surface area contributed by atoms with Gasteiger partial charge in [-0.3, -0.25) is 9.69 Å². The van der Waals surface area contributed by atoms with Crippen LogP contribution in [0.5, 0.6) is 0 Å². The van der Waals surface area contributed by atoms with Gasteiger partial charge in [-0.25, -0.2) is 4.98 Å². The fourth-order valence-electron chi connectivity index (χ4n) is 3.49. The summed E-state index contributed by atoms with van der Waals surface area (Å²) >= 11 is 6.19. The van der Waals surface area contributed by atoms with Gasteiger partial charge in [0.1, 0.15) is 5.82 Å². The number of nitrogens with one attached hydrogen (secondary N) is 1. The molecule has 0 spiro atoms. The Morgan fingerprint density at radius 1 is 1.17 bits per heavy atom. The summed E-state index contributed by atoms with van der Waals surface area (Å²) in [7, 11) is 0. The van der Waals surface area contributed by atoms with Crippen LogP contribution in [0.1, 0.15) is 30.5 Å². The zero-order valence-corrected chi connectivity index (χ0v) is 17.4. The summed E-state index contributed by atoms with van der Waals surface area (Å²) in [6.07, 6.45) is -2.74. The highest BCUT2D eigenvalue weighted by Gasteiger charge is 2.31. The standard InChI is InChI=1S/C21H24ClF3N4O/c1-15(17-5-2-3-6-18(17)22)27-20(30)14-28-9-4-10-29(12-11-28)19-8-7-16(13-26-19)21(23,24)25/h2-3,5-8,13,15H,4,9-12,14H2,1H3,(H,27,30). The van der Waals surface area contributed by atoms with Gasteiger partial charge in [-0.1, -0.05) is 29.8 Å². The maximum Gasteiger partial charge on any atom is 0.417 e. The number of alkyl halides is 3. The van der Waals surface area contributed by atoms with Gasteiger partial charge in [-0.05, 0) is 37.1 Å². The molecule has 5 nitrogen and oxygen atoms in total. The van der Waals surface area contributed by atoms with Gasteiger partial charge in [0, 0.05) is 37.4 Å². The molecule has 1 atom stereocenters. The van der Waals surface area contributed by atoms with E-state index in [0.29, 0.717) is 30.5 Å². The maximum atomic E-state index is 12.7. The number of carbonyl (C=O) groups is 1. The average molecular weight is 441 g/mol. The molecule has 2 aromatic rings. The highest BCUT2D eigenvalue weighted by Crippen LogP contribution is 2.29. The first-order valence-electron chi connectivity index (χ1n) is 9.78. The summed E-state index contributed by atoms with van der Waals surface area (Å²) in [5.41, 5.74) is 0.106. The van der Waals surface area contributed by atoms with Gasteiger partial charge in [-0.2, -0.15) is 13.2 Å². The largest absolute Gasteiger partial charge is 0.417 e. The minimum atomic E-state index is -4.39. The molecule has 1 aliphatic rings. The minimum Gasteiger partial charge on any atom is -0.355 e. The van der Waals surface area contributed by atoms with Crippen molar-refractivity contribution in [3.63, 3.8) is 0 Å². The Bertz CT molecular complexity index is 860. The van der Waals surface area contributed by atoms with E-state index in [9.17, 15) is 18.0 Å². The number of aromatic nitrogens is 1. The molecule has 30 heavy (non-hydrogen) atoms. The first kappa shape index (κ1) is 22.4. The zero-order chi connectivity index (χ0) is 21.7. The number of amides is 1.